The summed E-state index contributed by atoms with van der Waals surface area (Å²) in [6.07, 6.45) is 0.715. The van der Waals surface area contributed by atoms with Crippen LogP contribution in [0.4, 0.5) is 5.82 Å². The number of nitrogens with one attached hydrogen (secondary N) is 1. The van der Waals surface area contributed by atoms with Crippen LogP contribution >= 0.6 is 11.6 Å². The highest BCUT2D eigenvalue weighted by molar-refractivity contribution is 6.30. The summed E-state index contributed by atoms with van der Waals surface area (Å²) in [5.41, 5.74) is 3.27. The van der Waals surface area contributed by atoms with E-state index in [9.17, 15) is 9.59 Å². The third-order valence-corrected chi connectivity index (χ3v) is 5.45. The van der Waals surface area contributed by atoms with Crippen molar-refractivity contribution in [2.24, 2.45) is 0 Å². The highest BCUT2D eigenvalue weighted by Crippen LogP contribution is 2.13. The molecule has 0 aliphatic carbocycles. The number of benzene rings is 2. The quantitative estimate of drug-likeness (QED) is 0.457. The predicted octanol–water partition coefficient (Wildman–Crippen LogP) is 3.66. The summed E-state index contributed by atoms with van der Waals surface area (Å²) >= 11 is 6.24. The zero-order valence-electron chi connectivity index (χ0n) is 19.2. The predicted molar refractivity (Wildman–Crippen MR) is 131 cm³/mol. The zero-order chi connectivity index (χ0) is 23.8. The Morgan fingerprint density at radius 2 is 1.79 bits per heavy atom. The Labute approximate surface area is 199 Å². The molecule has 174 valence electrons. The van der Waals surface area contributed by atoms with Crippen LogP contribution in [0.15, 0.2) is 59.4 Å². The molecule has 1 heterocycles. The van der Waals surface area contributed by atoms with Crippen LogP contribution in [0.1, 0.15) is 22.4 Å². The second-order valence-corrected chi connectivity index (χ2v) is 8.47. The molecule has 0 fully saturated rings. The highest BCUT2D eigenvalue weighted by atomic mass is 35.5. The number of ether oxygens (including phenoxy) is 1. The molecule has 0 bridgehead atoms. The van der Waals surface area contributed by atoms with Gasteiger partial charge < -0.3 is 15.0 Å². The van der Waals surface area contributed by atoms with E-state index in [1.165, 1.54) is 10.1 Å². The van der Waals surface area contributed by atoms with Gasteiger partial charge in [0.25, 0.3) is 5.56 Å². The Hall–Kier alpha value is -3.16. The first-order valence-electron chi connectivity index (χ1n) is 10.8. The number of halogens is 1. The Bertz CT molecular complexity index is 1150. The summed E-state index contributed by atoms with van der Waals surface area (Å²) in [7, 11) is 4.06. The summed E-state index contributed by atoms with van der Waals surface area (Å²) < 4.78 is 6.61. The van der Waals surface area contributed by atoms with E-state index in [4.69, 9.17) is 16.3 Å². The molecular formula is C25H29ClN4O3. The molecular weight excluding hydrogens is 440 g/mol. The van der Waals surface area contributed by atoms with E-state index in [1.54, 1.807) is 6.92 Å². The lowest BCUT2D eigenvalue weighted by Gasteiger charge is -2.14. The number of carbonyl (C=O) groups excluding carboxylic acids is 1. The fourth-order valence-electron chi connectivity index (χ4n) is 3.41. The Morgan fingerprint density at radius 3 is 2.52 bits per heavy atom. The van der Waals surface area contributed by atoms with Crippen LogP contribution in [-0.2, 0) is 35.6 Å². The van der Waals surface area contributed by atoms with Gasteiger partial charge in [-0.1, -0.05) is 66.2 Å². The van der Waals surface area contributed by atoms with Gasteiger partial charge >= 0.3 is 5.97 Å². The van der Waals surface area contributed by atoms with Gasteiger partial charge in [0.05, 0.1) is 5.69 Å². The first kappa shape index (κ1) is 24.5. The zero-order valence-corrected chi connectivity index (χ0v) is 19.9. The number of hydrogen-bond acceptors (Lipinski definition) is 6. The van der Waals surface area contributed by atoms with Crippen molar-refractivity contribution in [3.8, 4) is 0 Å². The number of nitrogens with zero attached hydrogens (tertiary/aromatic N) is 3. The van der Waals surface area contributed by atoms with Crippen LogP contribution in [0.3, 0.4) is 0 Å². The van der Waals surface area contributed by atoms with Gasteiger partial charge in [-0.3, -0.25) is 14.2 Å². The third-order valence-electron chi connectivity index (χ3n) is 5.09. The summed E-state index contributed by atoms with van der Waals surface area (Å²) in [4.78, 5) is 31.6. The minimum atomic E-state index is -0.519. The van der Waals surface area contributed by atoms with Crippen molar-refractivity contribution in [2.75, 3.05) is 26.0 Å². The Kier molecular flexibility index (Phi) is 8.63. The Balaban J connectivity index is 1.64. The van der Waals surface area contributed by atoms with Crippen LogP contribution in [0.2, 0.25) is 5.15 Å². The maximum Gasteiger partial charge on any atom is 0.326 e. The van der Waals surface area contributed by atoms with Crippen molar-refractivity contribution < 1.29 is 9.53 Å². The average molecular weight is 469 g/mol. The molecule has 0 aliphatic heterocycles. The van der Waals surface area contributed by atoms with Crippen LogP contribution in [0, 0.1) is 6.92 Å². The monoisotopic (exact) mass is 468 g/mol. The molecule has 7 nitrogen and oxygen atoms in total. The van der Waals surface area contributed by atoms with Crippen molar-refractivity contribution in [1.29, 1.82) is 0 Å². The summed E-state index contributed by atoms with van der Waals surface area (Å²) in [6.45, 7) is 2.93. The topological polar surface area (TPSA) is 76.5 Å². The second-order valence-electron chi connectivity index (χ2n) is 8.11. The lowest BCUT2D eigenvalue weighted by Crippen LogP contribution is -2.31. The van der Waals surface area contributed by atoms with Crippen LogP contribution < -0.4 is 10.9 Å². The lowest BCUT2D eigenvalue weighted by molar-refractivity contribution is -0.145. The normalized spacial score (nSPS) is 10.9. The minimum absolute atomic E-state index is 0.117. The maximum atomic E-state index is 12.9. The van der Waals surface area contributed by atoms with E-state index in [2.05, 4.69) is 33.4 Å². The molecule has 3 rings (SSSR count). The van der Waals surface area contributed by atoms with Gasteiger partial charge in [0, 0.05) is 13.1 Å². The fourth-order valence-corrected chi connectivity index (χ4v) is 3.60. The molecule has 0 amide bonds. The molecule has 0 saturated heterocycles. The van der Waals surface area contributed by atoms with Gasteiger partial charge in [-0.05, 0) is 44.1 Å². The number of carbonyl (C=O) groups is 1. The summed E-state index contributed by atoms with van der Waals surface area (Å²) in [6, 6.07) is 17.7. The molecule has 0 radical (unpaired) electrons. The maximum absolute atomic E-state index is 12.9. The van der Waals surface area contributed by atoms with Gasteiger partial charge in [-0.25, -0.2) is 4.98 Å². The number of hydrogen-bond donors (Lipinski definition) is 1. The average Bonchev–Trinajstić information content (AvgIpc) is 2.79. The molecule has 8 heteroatoms. The minimum Gasteiger partial charge on any atom is -0.459 e. The molecule has 0 atom stereocenters. The molecule has 2 aromatic carbocycles. The standard InChI is InChI=1S/C25H29ClN4O3/c1-18-23(26)28-24(27-13-12-19-10-7-11-21(14-19)15-29(2)3)25(32)30(18)16-22(31)33-17-20-8-5-4-6-9-20/h4-11,14H,12-13,15-17H2,1-3H3,(H,27,28). The van der Waals surface area contributed by atoms with Gasteiger partial charge in [0.1, 0.15) is 13.2 Å². The number of esters is 1. The van der Waals surface area contributed by atoms with Crippen molar-refractivity contribution >= 4 is 23.4 Å². The van der Waals surface area contributed by atoms with Gasteiger partial charge in [0.2, 0.25) is 0 Å². The smallest absolute Gasteiger partial charge is 0.326 e. The van der Waals surface area contributed by atoms with E-state index >= 15 is 0 Å². The molecule has 0 unspecified atom stereocenters. The van der Waals surface area contributed by atoms with E-state index in [-0.39, 0.29) is 24.1 Å². The first-order chi connectivity index (χ1) is 15.8. The third kappa shape index (κ3) is 7.17. The van der Waals surface area contributed by atoms with Gasteiger partial charge in [-0.2, -0.15) is 0 Å². The number of aromatic nitrogens is 2. The van der Waals surface area contributed by atoms with E-state index in [0.717, 1.165) is 17.7 Å². The van der Waals surface area contributed by atoms with Crippen LogP contribution in [0.25, 0.3) is 0 Å². The van der Waals surface area contributed by atoms with Gasteiger partial charge in [0.15, 0.2) is 11.0 Å². The molecule has 1 N–H and O–H groups in total. The SMILES string of the molecule is Cc1c(Cl)nc(NCCc2cccc(CN(C)C)c2)c(=O)n1CC(=O)OCc1ccccc1. The second kappa shape index (κ2) is 11.6. The summed E-state index contributed by atoms with van der Waals surface area (Å²) in [5, 5.41) is 3.24. The van der Waals surface area contributed by atoms with E-state index < -0.39 is 11.5 Å². The fraction of sp³-hybridized carbons (Fsp3) is 0.320. The molecule has 0 spiro atoms. The number of anilines is 1. The van der Waals surface area contributed by atoms with E-state index in [1.807, 2.05) is 50.5 Å². The Morgan fingerprint density at radius 1 is 1.09 bits per heavy atom. The molecule has 3 aromatic rings. The van der Waals surface area contributed by atoms with Gasteiger partial charge in [-0.15, -0.1) is 0 Å². The summed E-state index contributed by atoms with van der Waals surface area (Å²) in [5.74, 6) is -0.402. The first-order valence-corrected chi connectivity index (χ1v) is 11.1. The number of rotatable bonds is 10. The molecule has 0 saturated carbocycles. The van der Waals surface area contributed by atoms with Crippen LogP contribution in [0.5, 0.6) is 0 Å². The van der Waals surface area contributed by atoms with Crippen LogP contribution in [-0.4, -0.2) is 41.1 Å². The van der Waals surface area contributed by atoms with Crippen molar-refractivity contribution in [3.05, 3.63) is 92.5 Å². The molecule has 0 aliphatic rings. The van der Waals surface area contributed by atoms with Crippen molar-refractivity contribution in [2.45, 2.75) is 33.0 Å². The largest absolute Gasteiger partial charge is 0.459 e. The van der Waals surface area contributed by atoms with E-state index in [0.29, 0.717) is 18.7 Å². The van der Waals surface area contributed by atoms with Crippen molar-refractivity contribution in [3.63, 3.8) is 0 Å². The molecule has 1 aromatic heterocycles. The lowest BCUT2D eigenvalue weighted by atomic mass is 10.1. The molecule has 33 heavy (non-hydrogen) atoms. The van der Waals surface area contributed by atoms with Crippen molar-refractivity contribution in [1.82, 2.24) is 14.5 Å². The highest BCUT2D eigenvalue weighted by Gasteiger charge is 2.16.